The Morgan fingerprint density at radius 1 is 1.50 bits per heavy atom. The fourth-order valence-electron chi connectivity index (χ4n) is 1.61. The van der Waals surface area contributed by atoms with Crippen LogP contribution in [0.2, 0.25) is 0 Å². The molecule has 2 aromatic rings. The van der Waals surface area contributed by atoms with Crippen molar-refractivity contribution in [3.63, 3.8) is 0 Å². The number of aryl methyl sites for hydroxylation is 1. The molecule has 1 aromatic heterocycles. The normalized spacial score (nSPS) is 13.4. The molecule has 2 N–H and O–H groups in total. The molecule has 1 unspecified atom stereocenters. The van der Waals surface area contributed by atoms with E-state index in [-0.39, 0.29) is 6.04 Å². The van der Waals surface area contributed by atoms with Crippen molar-refractivity contribution >= 4 is 21.6 Å². The molecular formula is C11H14N2S. The van der Waals surface area contributed by atoms with Gasteiger partial charge in [0.15, 0.2) is 0 Å². The van der Waals surface area contributed by atoms with Gasteiger partial charge in [-0.3, -0.25) is 0 Å². The first-order valence-electron chi connectivity index (χ1n) is 4.77. The number of nitrogens with zero attached hydrogens (tertiary/aromatic N) is 1. The SMILES string of the molecule is Cc1nsc2ccc(CC(C)N)cc12. The molecule has 0 saturated heterocycles. The van der Waals surface area contributed by atoms with Crippen LogP contribution in [0.3, 0.4) is 0 Å². The maximum atomic E-state index is 5.77. The lowest BCUT2D eigenvalue weighted by molar-refractivity contribution is 0.739. The number of aromatic nitrogens is 1. The predicted octanol–water partition coefficient (Wildman–Crippen LogP) is 2.49. The minimum absolute atomic E-state index is 0.222. The van der Waals surface area contributed by atoms with Crippen molar-refractivity contribution in [1.82, 2.24) is 4.37 Å². The highest BCUT2D eigenvalue weighted by atomic mass is 32.1. The molecule has 14 heavy (non-hydrogen) atoms. The summed E-state index contributed by atoms with van der Waals surface area (Å²) in [5.41, 5.74) is 8.19. The average molecular weight is 206 g/mol. The molecule has 0 fully saturated rings. The lowest BCUT2D eigenvalue weighted by atomic mass is 10.1. The highest BCUT2D eigenvalue weighted by molar-refractivity contribution is 7.13. The number of benzene rings is 1. The molecular weight excluding hydrogens is 192 g/mol. The fraction of sp³-hybridized carbons (Fsp3) is 0.364. The van der Waals surface area contributed by atoms with Gasteiger partial charge in [0.1, 0.15) is 0 Å². The molecule has 2 nitrogen and oxygen atoms in total. The quantitative estimate of drug-likeness (QED) is 0.820. The monoisotopic (exact) mass is 206 g/mol. The molecule has 0 aliphatic carbocycles. The Morgan fingerprint density at radius 2 is 2.29 bits per heavy atom. The van der Waals surface area contributed by atoms with Gasteiger partial charge in [0, 0.05) is 11.4 Å². The van der Waals surface area contributed by atoms with Gasteiger partial charge in [-0.2, -0.15) is 4.37 Å². The van der Waals surface area contributed by atoms with Crippen LogP contribution in [0, 0.1) is 6.92 Å². The summed E-state index contributed by atoms with van der Waals surface area (Å²) < 4.78 is 5.59. The van der Waals surface area contributed by atoms with Gasteiger partial charge in [0.25, 0.3) is 0 Å². The minimum Gasteiger partial charge on any atom is -0.328 e. The second-order valence-corrected chi connectivity index (χ2v) is 4.58. The van der Waals surface area contributed by atoms with E-state index in [1.54, 1.807) is 11.5 Å². The average Bonchev–Trinajstić information content (AvgIpc) is 2.47. The maximum absolute atomic E-state index is 5.77. The second-order valence-electron chi connectivity index (χ2n) is 3.78. The maximum Gasteiger partial charge on any atom is 0.0589 e. The van der Waals surface area contributed by atoms with Crippen molar-refractivity contribution in [3.8, 4) is 0 Å². The van der Waals surface area contributed by atoms with Gasteiger partial charge < -0.3 is 5.73 Å². The summed E-state index contributed by atoms with van der Waals surface area (Å²) in [6.07, 6.45) is 0.936. The van der Waals surface area contributed by atoms with Crippen LogP contribution in [-0.4, -0.2) is 10.4 Å². The van der Waals surface area contributed by atoms with Crippen LogP contribution in [0.1, 0.15) is 18.2 Å². The molecule has 0 amide bonds. The smallest absolute Gasteiger partial charge is 0.0589 e. The molecule has 0 saturated carbocycles. The zero-order chi connectivity index (χ0) is 10.1. The Hall–Kier alpha value is -0.930. The molecule has 0 spiro atoms. The van der Waals surface area contributed by atoms with Crippen molar-refractivity contribution in [2.45, 2.75) is 26.3 Å². The third-order valence-corrected chi connectivity index (χ3v) is 3.19. The van der Waals surface area contributed by atoms with Crippen LogP contribution in [0.25, 0.3) is 10.1 Å². The first kappa shape index (κ1) is 9.62. The first-order valence-corrected chi connectivity index (χ1v) is 5.54. The molecule has 2 rings (SSSR count). The first-order chi connectivity index (χ1) is 6.66. The van der Waals surface area contributed by atoms with E-state index >= 15 is 0 Å². The van der Waals surface area contributed by atoms with Crippen LogP contribution in [0.5, 0.6) is 0 Å². The van der Waals surface area contributed by atoms with Crippen LogP contribution in [0.4, 0.5) is 0 Å². The molecule has 3 heteroatoms. The summed E-state index contributed by atoms with van der Waals surface area (Å²) in [7, 11) is 0. The summed E-state index contributed by atoms with van der Waals surface area (Å²) in [4.78, 5) is 0. The van der Waals surface area contributed by atoms with Crippen LogP contribution in [-0.2, 0) is 6.42 Å². The highest BCUT2D eigenvalue weighted by Gasteiger charge is 2.04. The summed E-state index contributed by atoms with van der Waals surface area (Å²) >= 11 is 1.56. The van der Waals surface area contributed by atoms with E-state index in [9.17, 15) is 0 Å². The summed E-state index contributed by atoms with van der Waals surface area (Å²) in [6, 6.07) is 6.71. The van der Waals surface area contributed by atoms with E-state index in [1.807, 2.05) is 6.92 Å². The largest absolute Gasteiger partial charge is 0.328 e. The molecule has 0 bridgehead atoms. The van der Waals surface area contributed by atoms with Gasteiger partial charge in [0.2, 0.25) is 0 Å². The topological polar surface area (TPSA) is 38.9 Å². The van der Waals surface area contributed by atoms with Crippen molar-refractivity contribution < 1.29 is 0 Å². The van der Waals surface area contributed by atoms with E-state index < -0.39 is 0 Å². The Labute approximate surface area is 87.9 Å². The van der Waals surface area contributed by atoms with Crippen molar-refractivity contribution in [3.05, 3.63) is 29.5 Å². The summed E-state index contributed by atoms with van der Waals surface area (Å²) in [6.45, 7) is 4.08. The second kappa shape index (κ2) is 3.67. The Bertz CT molecular complexity index is 445. The van der Waals surface area contributed by atoms with Crippen LogP contribution < -0.4 is 5.73 Å². The molecule has 74 valence electrons. The van der Waals surface area contributed by atoms with Gasteiger partial charge in [0.05, 0.1) is 10.4 Å². The van der Waals surface area contributed by atoms with E-state index in [2.05, 4.69) is 29.5 Å². The van der Waals surface area contributed by atoms with Crippen molar-refractivity contribution in [2.24, 2.45) is 5.73 Å². The molecule has 1 atom stereocenters. The number of nitrogens with two attached hydrogens (primary N) is 1. The van der Waals surface area contributed by atoms with Gasteiger partial charge in [-0.1, -0.05) is 6.07 Å². The number of hydrogen-bond donors (Lipinski definition) is 1. The van der Waals surface area contributed by atoms with Crippen LogP contribution >= 0.6 is 11.5 Å². The van der Waals surface area contributed by atoms with E-state index in [0.29, 0.717) is 0 Å². The van der Waals surface area contributed by atoms with Gasteiger partial charge in [-0.25, -0.2) is 0 Å². The Balaban J connectivity index is 2.44. The molecule has 1 aromatic carbocycles. The van der Waals surface area contributed by atoms with E-state index in [0.717, 1.165) is 12.1 Å². The predicted molar refractivity (Wildman–Crippen MR) is 61.7 cm³/mol. The summed E-state index contributed by atoms with van der Waals surface area (Å²) in [5, 5.41) is 1.27. The number of fused-ring (bicyclic) bond motifs is 1. The fourth-order valence-corrected chi connectivity index (χ4v) is 2.37. The number of hydrogen-bond acceptors (Lipinski definition) is 3. The zero-order valence-electron chi connectivity index (χ0n) is 8.45. The minimum atomic E-state index is 0.222. The van der Waals surface area contributed by atoms with E-state index in [1.165, 1.54) is 15.6 Å². The molecule has 0 aliphatic heterocycles. The van der Waals surface area contributed by atoms with Crippen molar-refractivity contribution in [2.75, 3.05) is 0 Å². The Morgan fingerprint density at radius 3 is 3.00 bits per heavy atom. The van der Waals surface area contributed by atoms with Gasteiger partial charge >= 0.3 is 0 Å². The third-order valence-electron chi connectivity index (χ3n) is 2.27. The standard InChI is InChI=1S/C11H14N2S/c1-7(12)5-9-3-4-11-10(6-9)8(2)13-14-11/h3-4,6-7H,5,12H2,1-2H3. The van der Waals surface area contributed by atoms with Crippen LogP contribution in [0.15, 0.2) is 18.2 Å². The van der Waals surface area contributed by atoms with E-state index in [4.69, 9.17) is 5.73 Å². The lowest BCUT2D eigenvalue weighted by Crippen LogP contribution is -2.17. The molecule has 0 radical (unpaired) electrons. The highest BCUT2D eigenvalue weighted by Crippen LogP contribution is 2.23. The number of rotatable bonds is 2. The third kappa shape index (κ3) is 1.79. The Kier molecular flexibility index (Phi) is 2.52. The summed E-state index contributed by atoms with van der Waals surface area (Å²) in [5.74, 6) is 0. The molecule has 0 aliphatic rings. The van der Waals surface area contributed by atoms with Crippen molar-refractivity contribution in [1.29, 1.82) is 0 Å². The van der Waals surface area contributed by atoms with Gasteiger partial charge in [-0.05, 0) is 49.5 Å². The van der Waals surface area contributed by atoms with Gasteiger partial charge in [-0.15, -0.1) is 0 Å². The molecule has 1 heterocycles. The lowest BCUT2D eigenvalue weighted by Gasteiger charge is -2.04. The zero-order valence-corrected chi connectivity index (χ0v) is 9.27.